The zero-order valence-corrected chi connectivity index (χ0v) is 24.2. The summed E-state index contributed by atoms with van der Waals surface area (Å²) in [5.74, 6) is -0.0811. The molecule has 38 heavy (non-hydrogen) atoms. The fourth-order valence-corrected chi connectivity index (χ4v) is 4.38. The van der Waals surface area contributed by atoms with Gasteiger partial charge >= 0.3 is 6.03 Å². The molecule has 0 saturated carbocycles. The van der Waals surface area contributed by atoms with Crippen LogP contribution in [0.25, 0.3) is 0 Å². The Hall–Kier alpha value is -3.10. The van der Waals surface area contributed by atoms with Gasteiger partial charge in [-0.15, -0.1) is 0 Å². The summed E-state index contributed by atoms with van der Waals surface area (Å²) >= 11 is 3.49. The molecular weight excluding hydrogens is 544 g/mol. The van der Waals surface area contributed by atoms with Crippen molar-refractivity contribution in [3.63, 3.8) is 0 Å². The Morgan fingerprint density at radius 3 is 2.32 bits per heavy atom. The number of hydrogen-bond donors (Lipinski definition) is 1. The van der Waals surface area contributed by atoms with E-state index < -0.39 is 0 Å². The monoisotopic (exact) mass is 582 g/mol. The van der Waals surface area contributed by atoms with Gasteiger partial charge in [-0.1, -0.05) is 60.5 Å². The van der Waals surface area contributed by atoms with Crippen molar-refractivity contribution < 1.29 is 14.3 Å². The number of aryl methyl sites for hydroxylation is 1. The van der Waals surface area contributed by atoms with Crippen LogP contribution in [0, 0.1) is 0 Å². The summed E-state index contributed by atoms with van der Waals surface area (Å²) in [6.07, 6.45) is 4.85. The molecule has 0 aliphatic carbocycles. The Morgan fingerprint density at radius 2 is 1.66 bits per heavy atom. The number of benzene rings is 2. The third-order valence-corrected chi connectivity index (χ3v) is 7.00. The number of hydrogen-bond acceptors (Lipinski definition) is 3. The summed E-state index contributed by atoms with van der Waals surface area (Å²) < 4.78 is 8.44. The molecule has 0 unspecified atom stereocenters. The van der Waals surface area contributed by atoms with Gasteiger partial charge in [-0.05, 0) is 60.4 Å². The smallest absolute Gasteiger partial charge is 0.322 e. The molecule has 0 fully saturated rings. The highest BCUT2D eigenvalue weighted by atomic mass is 79.9. The van der Waals surface area contributed by atoms with Crippen molar-refractivity contribution in [1.29, 1.82) is 0 Å². The Morgan fingerprint density at radius 1 is 0.947 bits per heavy atom. The average Bonchev–Trinajstić information content (AvgIpc) is 3.36. The van der Waals surface area contributed by atoms with Crippen molar-refractivity contribution in [2.24, 2.45) is 0 Å². The number of carbonyl (C=O) groups is 2. The van der Waals surface area contributed by atoms with E-state index in [1.54, 1.807) is 7.11 Å². The van der Waals surface area contributed by atoms with Crippen LogP contribution in [0.3, 0.4) is 0 Å². The largest absolute Gasteiger partial charge is 0.383 e. The van der Waals surface area contributed by atoms with Crippen LogP contribution in [-0.4, -0.2) is 59.7 Å². The number of aromatic nitrogens is 1. The van der Waals surface area contributed by atoms with Gasteiger partial charge in [-0.25, -0.2) is 4.79 Å². The van der Waals surface area contributed by atoms with E-state index in [-0.39, 0.29) is 18.5 Å². The van der Waals surface area contributed by atoms with E-state index in [2.05, 4.69) is 57.9 Å². The lowest BCUT2D eigenvalue weighted by Crippen LogP contribution is -2.46. The predicted molar refractivity (Wildman–Crippen MR) is 156 cm³/mol. The second-order valence-electron chi connectivity index (χ2n) is 9.32. The highest BCUT2D eigenvalue weighted by molar-refractivity contribution is 9.10. The molecule has 0 spiro atoms. The fraction of sp³-hybridized carbons (Fsp3) is 0.400. The number of amides is 3. The zero-order chi connectivity index (χ0) is 27.3. The lowest BCUT2D eigenvalue weighted by atomic mass is 10.1. The first kappa shape index (κ1) is 29.5. The van der Waals surface area contributed by atoms with E-state index in [1.165, 1.54) is 16.0 Å². The number of nitrogens with one attached hydrogen (secondary N) is 1. The van der Waals surface area contributed by atoms with Gasteiger partial charge in [-0.3, -0.25) is 4.79 Å². The van der Waals surface area contributed by atoms with E-state index in [0.717, 1.165) is 36.0 Å². The summed E-state index contributed by atoms with van der Waals surface area (Å²) in [5.41, 5.74) is 4.15. The molecule has 0 aliphatic rings. The first-order chi connectivity index (χ1) is 18.4. The number of nitrogens with zero attached hydrogens (tertiary/aromatic N) is 3. The summed E-state index contributed by atoms with van der Waals surface area (Å²) in [7, 11) is 1.59. The molecule has 0 radical (unpaired) electrons. The van der Waals surface area contributed by atoms with E-state index in [1.807, 2.05) is 53.6 Å². The maximum Gasteiger partial charge on any atom is 0.322 e. The van der Waals surface area contributed by atoms with Crippen LogP contribution >= 0.6 is 15.9 Å². The second kappa shape index (κ2) is 15.3. The maximum absolute atomic E-state index is 13.5. The lowest BCUT2D eigenvalue weighted by molar-refractivity contribution is -0.132. The molecule has 8 heteroatoms. The molecule has 3 aromatic rings. The van der Waals surface area contributed by atoms with Crippen molar-refractivity contribution in [1.82, 2.24) is 14.4 Å². The van der Waals surface area contributed by atoms with Gasteiger partial charge in [0.25, 0.3) is 0 Å². The third-order valence-electron chi connectivity index (χ3n) is 6.47. The number of unbranched alkanes of at least 4 members (excludes halogenated alkanes) is 1. The summed E-state index contributed by atoms with van der Waals surface area (Å²) in [5, 5.41) is 2.93. The third kappa shape index (κ3) is 9.03. The van der Waals surface area contributed by atoms with Crippen LogP contribution in [0.5, 0.6) is 0 Å². The quantitative estimate of drug-likeness (QED) is 0.247. The first-order valence-corrected chi connectivity index (χ1v) is 14.0. The van der Waals surface area contributed by atoms with Gasteiger partial charge in [-0.2, -0.15) is 0 Å². The molecule has 0 atom stereocenters. The minimum absolute atomic E-state index is 0.0145. The minimum atomic E-state index is -0.311. The van der Waals surface area contributed by atoms with Crippen molar-refractivity contribution >= 4 is 33.6 Å². The number of methoxy groups -OCH3 is 1. The molecule has 2 aromatic carbocycles. The molecule has 0 aliphatic heterocycles. The molecule has 1 N–H and O–H groups in total. The molecular formula is C30H39BrN4O3. The first-order valence-electron chi connectivity index (χ1n) is 13.2. The number of urea groups is 1. The van der Waals surface area contributed by atoms with Gasteiger partial charge in [0, 0.05) is 48.8 Å². The van der Waals surface area contributed by atoms with Crippen molar-refractivity contribution in [2.75, 3.05) is 38.7 Å². The van der Waals surface area contributed by atoms with Crippen LogP contribution < -0.4 is 5.32 Å². The van der Waals surface area contributed by atoms with E-state index >= 15 is 0 Å². The van der Waals surface area contributed by atoms with Crippen LogP contribution in [0.2, 0.25) is 0 Å². The van der Waals surface area contributed by atoms with Crippen molar-refractivity contribution in [3.8, 4) is 0 Å². The highest BCUT2D eigenvalue weighted by Gasteiger charge is 2.22. The second-order valence-corrected chi connectivity index (χ2v) is 10.2. The number of anilines is 1. The number of halogens is 1. The van der Waals surface area contributed by atoms with Crippen molar-refractivity contribution in [2.45, 2.75) is 46.2 Å². The molecule has 1 aromatic heterocycles. The van der Waals surface area contributed by atoms with E-state index in [0.29, 0.717) is 31.9 Å². The fourth-order valence-electron chi connectivity index (χ4n) is 4.11. The molecule has 3 amide bonds. The molecule has 1 heterocycles. The minimum Gasteiger partial charge on any atom is -0.383 e. The molecule has 7 nitrogen and oxygen atoms in total. The average molecular weight is 584 g/mol. The molecule has 0 bridgehead atoms. The normalized spacial score (nSPS) is 10.8. The van der Waals surface area contributed by atoms with Gasteiger partial charge in [0.1, 0.15) is 6.54 Å². The maximum atomic E-state index is 13.5. The van der Waals surface area contributed by atoms with E-state index in [9.17, 15) is 9.59 Å². The molecule has 0 saturated heterocycles. The van der Waals surface area contributed by atoms with Gasteiger partial charge < -0.3 is 24.4 Å². The standard InChI is InChI=1S/C30H39BrN4O3/c1-4-6-17-34(22-28-8-7-18-33(28)21-25-9-13-26(31)14-10-25)29(36)23-35(19-20-38-3)30(37)32-27-15-11-24(5-2)12-16-27/h7-16,18H,4-6,17,19-23H2,1-3H3,(H,32,37). The summed E-state index contributed by atoms with van der Waals surface area (Å²) in [4.78, 5) is 30.1. The number of carbonyl (C=O) groups excluding carboxylic acids is 2. The topological polar surface area (TPSA) is 66.8 Å². The Bertz CT molecular complexity index is 1150. The lowest BCUT2D eigenvalue weighted by Gasteiger charge is -2.28. The van der Waals surface area contributed by atoms with Gasteiger partial charge in [0.2, 0.25) is 5.91 Å². The van der Waals surface area contributed by atoms with Crippen LogP contribution in [0.15, 0.2) is 71.3 Å². The number of ether oxygens (including phenoxy) is 1. The Kier molecular flexibility index (Phi) is 11.9. The van der Waals surface area contributed by atoms with Crippen LogP contribution in [-0.2, 0) is 29.0 Å². The molecule has 204 valence electrons. The summed E-state index contributed by atoms with van der Waals surface area (Å²) in [6, 6.07) is 19.8. The number of rotatable bonds is 14. The van der Waals surface area contributed by atoms with Crippen LogP contribution in [0.4, 0.5) is 10.5 Å². The Labute approximate surface area is 234 Å². The molecule has 3 rings (SSSR count). The van der Waals surface area contributed by atoms with Crippen LogP contribution in [0.1, 0.15) is 43.5 Å². The zero-order valence-electron chi connectivity index (χ0n) is 22.7. The van der Waals surface area contributed by atoms with Gasteiger partial charge in [0.05, 0.1) is 13.2 Å². The SMILES string of the molecule is CCCCN(Cc1cccn1Cc1ccc(Br)cc1)C(=O)CN(CCOC)C(=O)Nc1ccc(CC)cc1. The van der Waals surface area contributed by atoms with E-state index in [4.69, 9.17) is 4.74 Å². The van der Waals surface area contributed by atoms with Crippen molar-refractivity contribution in [3.05, 3.63) is 88.2 Å². The predicted octanol–water partition coefficient (Wildman–Crippen LogP) is 6.17. The highest BCUT2D eigenvalue weighted by Crippen LogP contribution is 2.16. The van der Waals surface area contributed by atoms with Gasteiger partial charge in [0.15, 0.2) is 0 Å². The Balaban J connectivity index is 1.70. The summed E-state index contributed by atoms with van der Waals surface area (Å²) in [6.45, 7) is 6.71.